The molecule has 0 amide bonds. The zero-order chi connectivity index (χ0) is 13.8. The summed E-state index contributed by atoms with van der Waals surface area (Å²) in [5.74, 6) is 1.42. The minimum atomic E-state index is -0.0468. The summed E-state index contributed by atoms with van der Waals surface area (Å²) in [5, 5.41) is 0.746. The summed E-state index contributed by atoms with van der Waals surface area (Å²) in [6.07, 6.45) is 9.12. The van der Waals surface area contributed by atoms with E-state index in [-0.39, 0.29) is 11.5 Å². The van der Waals surface area contributed by atoms with Crippen molar-refractivity contribution in [3.8, 4) is 0 Å². The first-order valence-corrected chi connectivity index (χ1v) is 9.18. The number of ether oxygens (including phenoxy) is 2. The highest BCUT2D eigenvalue weighted by molar-refractivity contribution is 8.00. The molecule has 3 rings (SSSR count). The lowest BCUT2D eigenvalue weighted by Crippen LogP contribution is -2.46. The lowest BCUT2D eigenvalue weighted by atomic mass is 9.79. The van der Waals surface area contributed by atoms with Crippen molar-refractivity contribution < 1.29 is 14.3 Å². The van der Waals surface area contributed by atoms with Gasteiger partial charge in [-0.05, 0) is 38.5 Å². The number of rotatable bonds is 4. The van der Waals surface area contributed by atoms with Gasteiger partial charge in [0, 0.05) is 31.0 Å². The molecule has 2 saturated heterocycles. The molecule has 1 unspecified atom stereocenters. The summed E-state index contributed by atoms with van der Waals surface area (Å²) in [6, 6.07) is 0. The number of Topliss-reactive ketones (excluding diaryl/α,β-unsaturated/α-hetero) is 1. The molecule has 2 aliphatic heterocycles. The Kier molecular flexibility index (Phi) is 5.05. The largest absolute Gasteiger partial charge is 0.381 e. The van der Waals surface area contributed by atoms with Gasteiger partial charge in [-0.15, -0.1) is 0 Å². The highest BCUT2D eigenvalue weighted by Gasteiger charge is 2.41. The van der Waals surface area contributed by atoms with Gasteiger partial charge >= 0.3 is 0 Å². The fraction of sp³-hybridized carbons (Fsp3) is 0.938. The van der Waals surface area contributed by atoms with Crippen LogP contribution in [0.25, 0.3) is 0 Å². The average molecular weight is 298 g/mol. The van der Waals surface area contributed by atoms with Crippen LogP contribution in [0.3, 0.4) is 0 Å². The normalized spacial score (nSPS) is 30.7. The fourth-order valence-electron chi connectivity index (χ4n) is 3.77. The van der Waals surface area contributed by atoms with Crippen LogP contribution >= 0.6 is 11.8 Å². The Labute approximate surface area is 126 Å². The van der Waals surface area contributed by atoms with Crippen molar-refractivity contribution in [1.29, 1.82) is 0 Å². The van der Waals surface area contributed by atoms with Crippen LogP contribution in [0.4, 0.5) is 0 Å². The Morgan fingerprint density at radius 3 is 2.60 bits per heavy atom. The third-order valence-corrected chi connectivity index (χ3v) is 6.51. The maximum atomic E-state index is 12.5. The predicted molar refractivity (Wildman–Crippen MR) is 81.2 cm³/mol. The third-order valence-electron chi connectivity index (χ3n) is 5.12. The first-order valence-electron chi connectivity index (χ1n) is 8.13. The maximum Gasteiger partial charge on any atom is 0.146 e. The second-order valence-corrected chi connectivity index (χ2v) is 7.81. The van der Waals surface area contributed by atoms with E-state index in [9.17, 15) is 4.79 Å². The molecule has 0 aromatic rings. The van der Waals surface area contributed by atoms with Crippen LogP contribution in [0.5, 0.6) is 0 Å². The van der Waals surface area contributed by atoms with Crippen molar-refractivity contribution in [2.75, 3.05) is 25.6 Å². The van der Waals surface area contributed by atoms with E-state index in [2.05, 4.69) is 0 Å². The van der Waals surface area contributed by atoms with E-state index in [1.54, 1.807) is 0 Å². The number of thioether (sulfide) groups is 1. The van der Waals surface area contributed by atoms with Crippen molar-refractivity contribution in [2.45, 2.75) is 62.2 Å². The van der Waals surface area contributed by atoms with E-state index in [1.807, 2.05) is 11.8 Å². The molecule has 20 heavy (non-hydrogen) atoms. The highest BCUT2D eigenvalue weighted by Crippen LogP contribution is 2.38. The van der Waals surface area contributed by atoms with E-state index >= 15 is 0 Å². The molecule has 0 aromatic carbocycles. The highest BCUT2D eigenvalue weighted by atomic mass is 32.2. The molecule has 1 atom stereocenters. The van der Waals surface area contributed by atoms with Gasteiger partial charge in [0.2, 0.25) is 0 Å². The number of hydrogen-bond acceptors (Lipinski definition) is 4. The van der Waals surface area contributed by atoms with Crippen LogP contribution in [0.1, 0.15) is 51.4 Å². The van der Waals surface area contributed by atoms with Gasteiger partial charge in [0.15, 0.2) is 0 Å². The molecule has 3 nitrogen and oxygen atoms in total. The van der Waals surface area contributed by atoms with Crippen molar-refractivity contribution in [3.05, 3.63) is 0 Å². The summed E-state index contributed by atoms with van der Waals surface area (Å²) in [5.41, 5.74) is -0.0468. The zero-order valence-corrected chi connectivity index (χ0v) is 13.1. The Bertz CT molecular complexity index is 327. The van der Waals surface area contributed by atoms with Crippen molar-refractivity contribution in [2.24, 2.45) is 5.92 Å². The molecule has 2 heterocycles. The van der Waals surface area contributed by atoms with Gasteiger partial charge < -0.3 is 9.47 Å². The zero-order valence-electron chi connectivity index (χ0n) is 12.3. The Morgan fingerprint density at radius 2 is 1.85 bits per heavy atom. The topological polar surface area (TPSA) is 35.5 Å². The van der Waals surface area contributed by atoms with E-state index in [1.165, 1.54) is 25.7 Å². The molecule has 0 N–H and O–H groups in total. The molecule has 114 valence electrons. The molecule has 0 radical (unpaired) electrons. The van der Waals surface area contributed by atoms with E-state index in [0.29, 0.717) is 5.78 Å². The number of carbonyl (C=O) groups is 1. The Hall–Kier alpha value is -0.0600. The summed E-state index contributed by atoms with van der Waals surface area (Å²) in [6.45, 7) is 2.33. The van der Waals surface area contributed by atoms with E-state index < -0.39 is 0 Å². The van der Waals surface area contributed by atoms with Crippen LogP contribution in [0.15, 0.2) is 0 Å². The van der Waals surface area contributed by atoms with Crippen molar-refractivity contribution in [1.82, 2.24) is 0 Å². The molecule has 3 fully saturated rings. The molecular weight excluding hydrogens is 272 g/mol. The molecule has 3 aliphatic rings. The van der Waals surface area contributed by atoms with Crippen molar-refractivity contribution >= 4 is 17.5 Å². The van der Waals surface area contributed by atoms with Gasteiger partial charge in [-0.2, -0.15) is 11.8 Å². The lowest BCUT2D eigenvalue weighted by Gasteiger charge is -2.42. The first-order chi connectivity index (χ1) is 9.77. The van der Waals surface area contributed by atoms with E-state index in [4.69, 9.17) is 9.47 Å². The van der Waals surface area contributed by atoms with Crippen LogP contribution in [-0.2, 0) is 14.3 Å². The molecule has 1 aliphatic carbocycles. The maximum absolute atomic E-state index is 12.5. The van der Waals surface area contributed by atoms with Gasteiger partial charge in [0.1, 0.15) is 5.78 Å². The minimum absolute atomic E-state index is 0.0468. The Balaban J connectivity index is 1.49. The Morgan fingerprint density at radius 1 is 1.10 bits per heavy atom. The number of ketones is 1. The second kappa shape index (κ2) is 6.80. The summed E-state index contributed by atoms with van der Waals surface area (Å²) >= 11 is 1.91. The standard InChI is InChI=1S/C16H26O3S/c17-15(12-20-14-3-1-2-4-14)13-5-8-19-16(11-13)6-9-18-10-7-16/h13-14H,1-12H2. The minimum Gasteiger partial charge on any atom is -0.381 e. The predicted octanol–water partition coefficient (Wildman–Crippen LogP) is 3.21. The van der Waals surface area contributed by atoms with E-state index in [0.717, 1.165) is 56.5 Å². The summed E-state index contributed by atoms with van der Waals surface area (Å²) < 4.78 is 11.5. The van der Waals surface area contributed by atoms with Gasteiger partial charge in [-0.1, -0.05) is 12.8 Å². The van der Waals surface area contributed by atoms with Gasteiger partial charge in [0.25, 0.3) is 0 Å². The smallest absolute Gasteiger partial charge is 0.146 e. The summed E-state index contributed by atoms with van der Waals surface area (Å²) in [7, 11) is 0. The van der Waals surface area contributed by atoms with Crippen LogP contribution in [0, 0.1) is 5.92 Å². The van der Waals surface area contributed by atoms with Gasteiger partial charge in [0.05, 0.1) is 11.4 Å². The fourth-order valence-corrected chi connectivity index (χ4v) is 5.07. The van der Waals surface area contributed by atoms with Crippen LogP contribution in [0.2, 0.25) is 0 Å². The average Bonchev–Trinajstić information content (AvgIpc) is 2.99. The quantitative estimate of drug-likeness (QED) is 0.798. The van der Waals surface area contributed by atoms with Gasteiger partial charge in [-0.3, -0.25) is 4.79 Å². The third kappa shape index (κ3) is 3.58. The van der Waals surface area contributed by atoms with Crippen LogP contribution < -0.4 is 0 Å². The molecule has 0 bridgehead atoms. The molecule has 1 saturated carbocycles. The van der Waals surface area contributed by atoms with Crippen molar-refractivity contribution in [3.63, 3.8) is 0 Å². The summed E-state index contributed by atoms with van der Waals surface area (Å²) in [4.78, 5) is 12.5. The van der Waals surface area contributed by atoms with Crippen LogP contribution in [-0.4, -0.2) is 42.2 Å². The lowest BCUT2D eigenvalue weighted by molar-refractivity contribution is -0.155. The molecular formula is C16H26O3S. The monoisotopic (exact) mass is 298 g/mol. The number of carbonyl (C=O) groups excluding carboxylic acids is 1. The molecule has 1 spiro atoms. The first kappa shape index (κ1) is 14.9. The SMILES string of the molecule is O=C(CSC1CCCC1)C1CCOC2(CCOCC2)C1. The number of hydrogen-bond donors (Lipinski definition) is 0. The molecule has 0 aromatic heterocycles. The molecule has 4 heteroatoms. The van der Waals surface area contributed by atoms with Gasteiger partial charge in [-0.25, -0.2) is 0 Å². The second-order valence-electron chi connectivity index (χ2n) is 6.52.